The van der Waals surface area contributed by atoms with Crippen molar-refractivity contribution in [3.63, 3.8) is 0 Å². The molecule has 0 spiro atoms. The van der Waals surface area contributed by atoms with Crippen LogP contribution in [0.4, 0.5) is 5.69 Å². The number of rotatable bonds is 2. The van der Waals surface area contributed by atoms with Gasteiger partial charge in [0.25, 0.3) is 0 Å². The quantitative estimate of drug-likeness (QED) is 0.799. The van der Waals surface area contributed by atoms with Gasteiger partial charge in [-0.1, -0.05) is 18.2 Å². The van der Waals surface area contributed by atoms with E-state index in [0.29, 0.717) is 12.5 Å². The van der Waals surface area contributed by atoms with E-state index >= 15 is 0 Å². The molecule has 0 saturated carbocycles. The highest BCUT2D eigenvalue weighted by Crippen LogP contribution is 2.29. The fraction of sp³-hybridized carbons (Fsp3) is 0.538. The second-order valence-electron chi connectivity index (χ2n) is 4.52. The lowest BCUT2D eigenvalue weighted by Crippen LogP contribution is -2.22. The first kappa shape index (κ1) is 10.5. The van der Waals surface area contributed by atoms with E-state index in [1.807, 2.05) is 0 Å². The molecule has 0 amide bonds. The molecule has 1 N–H and O–H groups in total. The molecule has 2 heteroatoms. The Labute approximate surface area is 91.5 Å². The minimum Gasteiger partial charge on any atom is -0.396 e. The zero-order chi connectivity index (χ0) is 10.8. The summed E-state index contributed by atoms with van der Waals surface area (Å²) < 4.78 is 0. The summed E-state index contributed by atoms with van der Waals surface area (Å²) in [5.41, 5.74) is 4.05. The van der Waals surface area contributed by atoms with Gasteiger partial charge in [-0.15, -0.1) is 0 Å². The molecule has 2 nitrogen and oxygen atoms in total. The summed E-state index contributed by atoms with van der Waals surface area (Å²) in [6.07, 6.45) is 1.12. The molecule has 1 saturated heterocycles. The fourth-order valence-corrected chi connectivity index (χ4v) is 2.49. The first-order valence-electron chi connectivity index (χ1n) is 5.64. The Kier molecular flexibility index (Phi) is 2.96. The molecule has 82 valence electrons. The van der Waals surface area contributed by atoms with Crippen LogP contribution in [0.15, 0.2) is 18.2 Å². The predicted molar refractivity (Wildman–Crippen MR) is 63.3 cm³/mol. The summed E-state index contributed by atoms with van der Waals surface area (Å²) in [4.78, 5) is 2.41. The lowest BCUT2D eigenvalue weighted by atomic mass is 10.1. The zero-order valence-corrected chi connectivity index (χ0v) is 9.53. The molecule has 0 bridgehead atoms. The first-order valence-corrected chi connectivity index (χ1v) is 5.64. The fourth-order valence-electron chi connectivity index (χ4n) is 2.49. The maximum Gasteiger partial charge on any atom is 0.0476 e. The Morgan fingerprint density at radius 2 is 2.00 bits per heavy atom. The van der Waals surface area contributed by atoms with E-state index in [0.717, 1.165) is 19.5 Å². The molecule has 0 aliphatic carbocycles. The van der Waals surface area contributed by atoms with E-state index < -0.39 is 0 Å². The average Bonchev–Trinajstić information content (AvgIpc) is 2.66. The van der Waals surface area contributed by atoms with Crippen LogP contribution in [-0.4, -0.2) is 24.8 Å². The molecule has 0 aromatic heterocycles. The Morgan fingerprint density at radius 3 is 2.53 bits per heavy atom. The van der Waals surface area contributed by atoms with E-state index in [1.165, 1.54) is 16.8 Å². The van der Waals surface area contributed by atoms with Crippen molar-refractivity contribution in [1.29, 1.82) is 0 Å². The Bertz CT molecular complexity index is 328. The molecule has 1 aliphatic rings. The number of anilines is 1. The number of aliphatic hydroxyl groups excluding tert-OH is 1. The average molecular weight is 205 g/mol. The summed E-state index contributed by atoms with van der Waals surface area (Å²) in [6, 6.07) is 6.43. The van der Waals surface area contributed by atoms with Gasteiger partial charge < -0.3 is 10.0 Å². The predicted octanol–water partition coefficient (Wildman–Crippen LogP) is 2.12. The summed E-state index contributed by atoms with van der Waals surface area (Å²) >= 11 is 0. The van der Waals surface area contributed by atoms with Gasteiger partial charge in [0.2, 0.25) is 0 Å². The van der Waals surface area contributed by atoms with Crippen LogP contribution in [0.3, 0.4) is 0 Å². The monoisotopic (exact) mass is 205 g/mol. The van der Waals surface area contributed by atoms with Gasteiger partial charge in [0.15, 0.2) is 0 Å². The van der Waals surface area contributed by atoms with Crippen LogP contribution in [0.1, 0.15) is 17.5 Å². The third-order valence-electron chi connectivity index (χ3n) is 3.30. The molecule has 0 radical (unpaired) electrons. The molecule has 1 aromatic carbocycles. The molecule has 2 rings (SSSR count). The van der Waals surface area contributed by atoms with E-state index in [1.54, 1.807) is 0 Å². The summed E-state index contributed by atoms with van der Waals surface area (Å²) in [5, 5.41) is 9.14. The number of aliphatic hydroxyl groups is 1. The van der Waals surface area contributed by atoms with Gasteiger partial charge in [-0.05, 0) is 31.4 Å². The van der Waals surface area contributed by atoms with Crippen molar-refractivity contribution in [2.24, 2.45) is 5.92 Å². The van der Waals surface area contributed by atoms with Crippen molar-refractivity contribution in [2.45, 2.75) is 20.3 Å². The highest BCUT2D eigenvalue weighted by Gasteiger charge is 2.23. The second-order valence-corrected chi connectivity index (χ2v) is 4.52. The lowest BCUT2D eigenvalue weighted by Gasteiger charge is -2.23. The largest absolute Gasteiger partial charge is 0.396 e. The topological polar surface area (TPSA) is 23.5 Å². The van der Waals surface area contributed by atoms with E-state index in [9.17, 15) is 0 Å². The lowest BCUT2D eigenvalue weighted by molar-refractivity contribution is 0.238. The second kappa shape index (κ2) is 4.23. The van der Waals surface area contributed by atoms with Crippen LogP contribution in [0, 0.1) is 19.8 Å². The van der Waals surface area contributed by atoms with Crippen LogP contribution >= 0.6 is 0 Å². The third-order valence-corrected chi connectivity index (χ3v) is 3.30. The zero-order valence-electron chi connectivity index (χ0n) is 9.53. The Hall–Kier alpha value is -1.02. The van der Waals surface area contributed by atoms with Gasteiger partial charge in [-0.25, -0.2) is 0 Å². The van der Waals surface area contributed by atoms with Crippen LogP contribution in [-0.2, 0) is 0 Å². The first-order chi connectivity index (χ1) is 7.22. The van der Waals surface area contributed by atoms with Crippen molar-refractivity contribution in [1.82, 2.24) is 0 Å². The van der Waals surface area contributed by atoms with Gasteiger partial charge in [-0.3, -0.25) is 0 Å². The number of hydrogen-bond donors (Lipinski definition) is 1. The van der Waals surface area contributed by atoms with Gasteiger partial charge in [-0.2, -0.15) is 0 Å². The molecule has 0 unspecified atom stereocenters. The molecular formula is C13H19NO. The van der Waals surface area contributed by atoms with Crippen molar-refractivity contribution in [3.05, 3.63) is 29.3 Å². The van der Waals surface area contributed by atoms with Crippen LogP contribution < -0.4 is 4.90 Å². The number of nitrogens with zero attached hydrogens (tertiary/aromatic N) is 1. The Balaban J connectivity index is 2.23. The highest BCUT2D eigenvalue weighted by molar-refractivity contribution is 5.59. The number of aryl methyl sites for hydroxylation is 2. The minimum absolute atomic E-state index is 0.321. The molecular weight excluding hydrogens is 186 g/mol. The summed E-state index contributed by atoms with van der Waals surface area (Å²) in [7, 11) is 0. The molecule has 1 atom stereocenters. The molecule has 1 heterocycles. The minimum atomic E-state index is 0.321. The van der Waals surface area contributed by atoms with E-state index in [4.69, 9.17) is 5.11 Å². The van der Waals surface area contributed by atoms with Crippen LogP contribution in [0.2, 0.25) is 0 Å². The number of para-hydroxylation sites is 1. The normalized spacial score (nSPS) is 21.0. The third kappa shape index (κ3) is 2.00. The maximum absolute atomic E-state index is 9.14. The van der Waals surface area contributed by atoms with E-state index in [-0.39, 0.29) is 0 Å². The Morgan fingerprint density at radius 1 is 1.33 bits per heavy atom. The van der Waals surface area contributed by atoms with E-state index in [2.05, 4.69) is 36.9 Å². The van der Waals surface area contributed by atoms with Crippen molar-refractivity contribution >= 4 is 5.69 Å². The maximum atomic E-state index is 9.14. The molecule has 15 heavy (non-hydrogen) atoms. The standard InChI is InChI=1S/C13H19NO/c1-10-4-3-5-11(2)13(10)14-7-6-12(8-14)9-15/h3-5,12,15H,6-9H2,1-2H3/t12-/m0/s1. The van der Waals surface area contributed by atoms with Crippen molar-refractivity contribution < 1.29 is 5.11 Å². The van der Waals surface area contributed by atoms with Gasteiger partial charge in [0.05, 0.1) is 0 Å². The number of benzene rings is 1. The molecule has 1 aromatic rings. The highest BCUT2D eigenvalue weighted by atomic mass is 16.3. The van der Waals surface area contributed by atoms with Crippen LogP contribution in [0.5, 0.6) is 0 Å². The molecule has 1 aliphatic heterocycles. The summed E-state index contributed by atoms with van der Waals surface area (Å²) in [5.74, 6) is 0.462. The molecule has 1 fully saturated rings. The number of hydrogen-bond acceptors (Lipinski definition) is 2. The summed E-state index contributed by atoms with van der Waals surface area (Å²) in [6.45, 7) is 6.73. The van der Waals surface area contributed by atoms with Crippen molar-refractivity contribution in [2.75, 3.05) is 24.6 Å². The van der Waals surface area contributed by atoms with Crippen LogP contribution in [0.25, 0.3) is 0 Å². The van der Waals surface area contributed by atoms with Gasteiger partial charge in [0, 0.05) is 31.3 Å². The SMILES string of the molecule is Cc1cccc(C)c1N1CC[C@H](CO)C1. The van der Waals surface area contributed by atoms with Gasteiger partial charge in [0.1, 0.15) is 0 Å². The van der Waals surface area contributed by atoms with Crippen molar-refractivity contribution in [3.8, 4) is 0 Å². The smallest absolute Gasteiger partial charge is 0.0476 e. The van der Waals surface area contributed by atoms with Gasteiger partial charge >= 0.3 is 0 Å².